The van der Waals surface area contributed by atoms with Gasteiger partial charge in [0, 0.05) is 19.5 Å². The summed E-state index contributed by atoms with van der Waals surface area (Å²) in [6, 6.07) is -0.469. The number of carbonyl (C=O) groups excluding carboxylic acids is 2. The molecule has 0 aromatic heterocycles. The molecule has 0 saturated heterocycles. The van der Waals surface area contributed by atoms with E-state index in [-0.39, 0.29) is 11.8 Å². The van der Waals surface area contributed by atoms with E-state index in [9.17, 15) is 9.59 Å². The van der Waals surface area contributed by atoms with Gasteiger partial charge in [0.05, 0.1) is 0 Å². The molecule has 0 heterocycles. The van der Waals surface area contributed by atoms with Crippen molar-refractivity contribution in [3.8, 4) is 0 Å². The number of rotatable bonds is 7. The van der Waals surface area contributed by atoms with E-state index in [1.807, 2.05) is 13.8 Å². The van der Waals surface area contributed by atoms with Crippen molar-refractivity contribution >= 4 is 11.8 Å². The number of nitrogens with one attached hydrogen (secondary N) is 3. The van der Waals surface area contributed by atoms with Crippen molar-refractivity contribution in [3.05, 3.63) is 0 Å². The molecule has 16 heavy (non-hydrogen) atoms. The van der Waals surface area contributed by atoms with Gasteiger partial charge in [0.15, 0.2) is 0 Å². The summed E-state index contributed by atoms with van der Waals surface area (Å²) in [4.78, 5) is 22.8. The monoisotopic (exact) mass is 229 g/mol. The maximum Gasteiger partial charge on any atom is 0.242 e. The van der Waals surface area contributed by atoms with Crippen molar-refractivity contribution < 1.29 is 9.59 Å². The van der Waals surface area contributed by atoms with Gasteiger partial charge in [-0.3, -0.25) is 9.59 Å². The van der Waals surface area contributed by atoms with Gasteiger partial charge in [0.2, 0.25) is 11.8 Å². The summed E-state index contributed by atoms with van der Waals surface area (Å²) in [5.74, 6) is 0.171. The van der Waals surface area contributed by atoms with Gasteiger partial charge in [-0.2, -0.15) is 0 Å². The zero-order chi connectivity index (χ0) is 12.6. The zero-order valence-electron chi connectivity index (χ0n) is 10.6. The molecular formula is C11H23N3O2. The molecule has 0 spiro atoms. The Labute approximate surface area is 97.4 Å². The lowest BCUT2D eigenvalue weighted by Crippen LogP contribution is -2.46. The van der Waals surface area contributed by atoms with Gasteiger partial charge in [-0.25, -0.2) is 0 Å². The van der Waals surface area contributed by atoms with Gasteiger partial charge < -0.3 is 16.0 Å². The molecule has 3 N–H and O–H groups in total. The normalized spacial score (nSPS) is 12.3. The lowest BCUT2D eigenvalue weighted by atomic mass is 10.2. The first-order valence-electron chi connectivity index (χ1n) is 5.69. The first kappa shape index (κ1) is 14.9. The van der Waals surface area contributed by atoms with Gasteiger partial charge in [0.25, 0.3) is 0 Å². The highest BCUT2D eigenvalue weighted by Crippen LogP contribution is 1.90. The van der Waals surface area contributed by atoms with E-state index in [0.717, 1.165) is 0 Å². The van der Waals surface area contributed by atoms with Gasteiger partial charge in [-0.05, 0) is 19.9 Å². The molecule has 0 rings (SSSR count). The van der Waals surface area contributed by atoms with Crippen LogP contribution in [0, 0.1) is 5.92 Å². The minimum Gasteiger partial charge on any atom is -0.354 e. The minimum atomic E-state index is -0.469. The third kappa shape index (κ3) is 7.23. The SMILES string of the molecule is CNCCC(=O)NC(C)C(=O)NCC(C)C. The Kier molecular flexibility index (Phi) is 7.54. The first-order chi connectivity index (χ1) is 7.47. The molecule has 0 radical (unpaired) electrons. The van der Waals surface area contributed by atoms with Crippen LogP contribution in [0.5, 0.6) is 0 Å². The second kappa shape index (κ2) is 8.10. The average molecular weight is 229 g/mol. The van der Waals surface area contributed by atoms with E-state index in [4.69, 9.17) is 0 Å². The Hall–Kier alpha value is -1.10. The number of hydrogen-bond acceptors (Lipinski definition) is 3. The van der Waals surface area contributed by atoms with Gasteiger partial charge in [-0.15, -0.1) is 0 Å². The van der Waals surface area contributed by atoms with Crippen LogP contribution in [0.25, 0.3) is 0 Å². The van der Waals surface area contributed by atoms with Crippen LogP contribution in [-0.2, 0) is 9.59 Å². The molecule has 5 nitrogen and oxygen atoms in total. The highest BCUT2D eigenvalue weighted by molar-refractivity contribution is 5.87. The van der Waals surface area contributed by atoms with Crippen molar-refractivity contribution in [2.75, 3.05) is 20.1 Å². The fraction of sp³-hybridized carbons (Fsp3) is 0.818. The molecule has 0 aromatic rings. The van der Waals surface area contributed by atoms with Crippen LogP contribution in [0.1, 0.15) is 27.2 Å². The molecule has 1 unspecified atom stereocenters. The minimum absolute atomic E-state index is 0.110. The molecule has 94 valence electrons. The predicted molar refractivity (Wildman–Crippen MR) is 64.0 cm³/mol. The molecular weight excluding hydrogens is 206 g/mol. The number of hydrogen-bond donors (Lipinski definition) is 3. The molecule has 5 heteroatoms. The Morgan fingerprint density at radius 1 is 1.19 bits per heavy atom. The average Bonchev–Trinajstić information content (AvgIpc) is 2.22. The molecule has 0 aliphatic rings. The molecule has 0 aromatic carbocycles. The Morgan fingerprint density at radius 2 is 1.81 bits per heavy atom. The summed E-state index contributed by atoms with van der Waals surface area (Å²) in [6.07, 6.45) is 0.387. The van der Waals surface area contributed by atoms with Gasteiger partial charge in [0.1, 0.15) is 6.04 Å². The summed E-state index contributed by atoms with van der Waals surface area (Å²) >= 11 is 0. The summed E-state index contributed by atoms with van der Waals surface area (Å²) in [6.45, 7) is 6.99. The Balaban J connectivity index is 3.81. The second-order valence-corrected chi connectivity index (χ2v) is 4.28. The third-order valence-corrected chi connectivity index (χ3v) is 2.06. The first-order valence-corrected chi connectivity index (χ1v) is 5.69. The fourth-order valence-corrected chi connectivity index (χ4v) is 1.08. The van der Waals surface area contributed by atoms with Crippen molar-refractivity contribution in [3.63, 3.8) is 0 Å². The van der Waals surface area contributed by atoms with Crippen molar-refractivity contribution in [1.82, 2.24) is 16.0 Å². The van der Waals surface area contributed by atoms with Crippen molar-refractivity contribution in [1.29, 1.82) is 0 Å². The summed E-state index contributed by atoms with van der Waals surface area (Å²) in [5.41, 5.74) is 0. The second-order valence-electron chi connectivity index (χ2n) is 4.28. The summed E-state index contributed by atoms with van der Waals surface area (Å²) < 4.78 is 0. The summed E-state index contributed by atoms with van der Waals surface area (Å²) in [7, 11) is 1.78. The number of amides is 2. The van der Waals surface area contributed by atoms with E-state index < -0.39 is 6.04 Å². The maximum atomic E-state index is 11.5. The molecule has 2 amide bonds. The largest absolute Gasteiger partial charge is 0.354 e. The van der Waals surface area contributed by atoms with Crippen molar-refractivity contribution in [2.45, 2.75) is 33.2 Å². The topological polar surface area (TPSA) is 70.2 Å². The maximum absolute atomic E-state index is 11.5. The highest BCUT2D eigenvalue weighted by atomic mass is 16.2. The Morgan fingerprint density at radius 3 is 2.31 bits per heavy atom. The standard InChI is InChI=1S/C11H23N3O2/c1-8(2)7-13-11(16)9(3)14-10(15)5-6-12-4/h8-9,12H,5-7H2,1-4H3,(H,13,16)(H,14,15). The molecule has 0 fully saturated rings. The smallest absolute Gasteiger partial charge is 0.242 e. The van der Waals surface area contributed by atoms with E-state index in [1.54, 1.807) is 14.0 Å². The molecule has 1 atom stereocenters. The van der Waals surface area contributed by atoms with Crippen LogP contribution in [-0.4, -0.2) is 38.0 Å². The quantitative estimate of drug-likeness (QED) is 0.569. The van der Waals surface area contributed by atoms with E-state index in [0.29, 0.717) is 25.4 Å². The van der Waals surface area contributed by atoms with Crippen LogP contribution in [0.4, 0.5) is 0 Å². The lowest BCUT2D eigenvalue weighted by molar-refractivity contribution is -0.128. The van der Waals surface area contributed by atoms with E-state index >= 15 is 0 Å². The third-order valence-electron chi connectivity index (χ3n) is 2.06. The molecule has 0 aliphatic carbocycles. The van der Waals surface area contributed by atoms with Gasteiger partial charge >= 0.3 is 0 Å². The van der Waals surface area contributed by atoms with Crippen LogP contribution in [0.3, 0.4) is 0 Å². The number of carbonyl (C=O) groups is 2. The molecule has 0 saturated carbocycles. The van der Waals surface area contributed by atoms with Crippen molar-refractivity contribution in [2.24, 2.45) is 5.92 Å². The van der Waals surface area contributed by atoms with E-state index in [2.05, 4.69) is 16.0 Å². The highest BCUT2D eigenvalue weighted by Gasteiger charge is 2.14. The lowest BCUT2D eigenvalue weighted by Gasteiger charge is -2.15. The Bertz CT molecular complexity index is 229. The summed E-state index contributed by atoms with van der Waals surface area (Å²) in [5, 5.41) is 8.30. The van der Waals surface area contributed by atoms with Crippen LogP contribution in [0.15, 0.2) is 0 Å². The zero-order valence-corrected chi connectivity index (χ0v) is 10.6. The van der Waals surface area contributed by atoms with Crippen LogP contribution in [0.2, 0.25) is 0 Å². The van der Waals surface area contributed by atoms with Gasteiger partial charge in [-0.1, -0.05) is 13.8 Å². The molecule has 0 bridgehead atoms. The molecule has 0 aliphatic heterocycles. The predicted octanol–water partition coefficient (Wildman–Crippen LogP) is -0.127. The van der Waals surface area contributed by atoms with Crippen LogP contribution < -0.4 is 16.0 Å². The fourth-order valence-electron chi connectivity index (χ4n) is 1.08. The van der Waals surface area contributed by atoms with E-state index in [1.165, 1.54) is 0 Å². The van der Waals surface area contributed by atoms with Crippen LogP contribution >= 0.6 is 0 Å².